The van der Waals surface area contributed by atoms with Crippen molar-refractivity contribution in [1.29, 1.82) is 0 Å². The highest BCUT2D eigenvalue weighted by Crippen LogP contribution is 2.42. The maximum atomic E-state index is 9.61. The summed E-state index contributed by atoms with van der Waals surface area (Å²) < 4.78 is 19.1. The molecule has 2 aliphatic rings. The highest BCUT2D eigenvalue weighted by Gasteiger charge is 2.55. The third-order valence-corrected chi connectivity index (χ3v) is 4.18. The van der Waals surface area contributed by atoms with Crippen molar-refractivity contribution < 1.29 is 19.3 Å². The summed E-state index contributed by atoms with van der Waals surface area (Å²) in [6, 6.07) is 9.54. The second-order valence-electron chi connectivity index (χ2n) is 6.27. The van der Waals surface area contributed by atoms with E-state index in [0.29, 0.717) is 0 Å². The second kappa shape index (κ2) is 5.38. The average molecular weight is 317 g/mol. The van der Waals surface area contributed by atoms with E-state index in [2.05, 4.69) is 10.3 Å². The van der Waals surface area contributed by atoms with E-state index in [-0.39, 0.29) is 18.8 Å². The van der Waals surface area contributed by atoms with Crippen molar-refractivity contribution in [1.82, 2.24) is 15.0 Å². The Kier molecular flexibility index (Phi) is 3.46. The summed E-state index contributed by atoms with van der Waals surface area (Å²) in [7, 11) is 0. The first kappa shape index (κ1) is 14.8. The minimum absolute atomic E-state index is 0.134. The fourth-order valence-electron chi connectivity index (χ4n) is 3.19. The van der Waals surface area contributed by atoms with Gasteiger partial charge in [0, 0.05) is 5.56 Å². The van der Waals surface area contributed by atoms with Crippen LogP contribution in [-0.2, 0) is 14.2 Å². The fourth-order valence-corrected chi connectivity index (χ4v) is 3.19. The van der Waals surface area contributed by atoms with Crippen LogP contribution in [0.4, 0.5) is 0 Å². The van der Waals surface area contributed by atoms with Gasteiger partial charge in [0.15, 0.2) is 12.1 Å². The third-order valence-electron chi connectivity index (χ3n) is 4.18. The van der Waals surface area contributed by atoms with Crippen LogP contribution in [0.1, 0.15) is 19.9 Å². The normalized spacial score (nSPS) is 32.1. The minimum Gasteiger partial charge on any atom is -0.394 e. The van der Waals surface area contributed by atoms with Crippen molar-refractivity contribution in [3.63, 3.8) is 0 Å². The molecule has 3 heterocycles. The lowest BCUT2D eigenvalue weighted by Gasteiger charge is -2.24. The van der Waals surface area contributed by atoms with Gasteiger partial charge in [-0.15, -0.1) is 5.10 Å². The molecule has 2 fully saturated rings. The van der Waals surface area contributed by atoms with Crippen LogP contribution in [0.15, 0.2) is 36.5 Å². The van der Waals surface area contributed by atoms with Gasteiger partial charge in [-0.3, -0.25) is 0 Å². The van der Waals surface area contributed by atoms with E-state index in [4.69, 9.17) is 14.2 Å². The molecule has 2 aromatic rings. The van der Waals surface area contributed by atoms with Gasteiger partial charge in [0.25, 0.3) is 0 Å². The highest BCUT2D eigenvalue weighted by atomic mass is 16.8. The molecule has 7 nitrogen and oxygen atoms in total. The Labute approximate surface area is 133 Å². The Morgan fingerprint density at radius 3 is 2.74 bits per heavy atom. The summed E-state index contributed by atoms with van der Waals surface area (Å²) in [4.78, 5) is 0. The summed E-state index contributed by atoms with van der Waals surface area (Å²) in [6.45, 7) is 3.55. The van der Waals surface area contributed by atoms with Gasteiger partial charge in [-0.2, -0.15) is 0 Å². The molecule has 2 saturated heterocycles. The van der Waals surface area contributed by atoms with Crippen LogP contribution in [0.25, 0.3) is 11.3 Å². The predicted molar refractivity (Wildman–Crippen MR) is 80.3 cm³/mol. The first-order chi connectivity index (χ1) is 11.1. The van der Waals surface area contributed by atoms with E-state index in [1.807, 2.05) is 50.4 Å². The number of rotatable bonds is 3. The number of nitrogens with zero attached hydrogens (tertiary/aromatic N) is 3. The highest BCUT2D eigenvalue weighted by molar-refractivity contribution is 5.57. The molecule has 0 aliphatic carbocycles. The number of ether oxygens (including phenoxy) is 3. The molecule has 23 heavy (non-hydrogen) atoms. The van der Waals surface area contributed by atoms with E-state index < -0.39 is 18.2 Å². The molecule has 1 aromatic carbocycles. The monoisotopic (exact) mass is 317 g/mol. The number of aliphatic hydroxyl groups excluding tert-OH is 1. The quantitative estimate of drug-likeness (QED) is 0.921. The van der Waals surface area contributed by atoms with E-state index in [0.717, 1.165) is 11.3 Å². The largest absolute Gasteiger partial charge is 0.394 e. The second-order valence-corrected chi connectivity index (χ2v) is 6.27. The molecule has 1 N–H and O–H groups in total. The predicted octanol–water partition coefficient (Wildman–Crippen LogP) is 1.35. The van der Waals surface area contributed by atoms with Crippen molar-refractivity contribution in [2.75, 3.05) is 6.61 Å². The maximum absolute atomic E-state index is 9.61. The topological polar surface area (TPSA) is 78.6 Å². The molecule has 0 radical (unpaired) electrons. The molecular formula is C16H19N3O4. The van der Waals surface area contributed by atoms with Gasteiger partial charge < -0.3 is 19.3 Å². The molecule has 0 saturated carbocycles. The van der Waals surface area contributed by atoms with Gasteiger partial charge >= 0.3 is 0 Å². The van der Waals surface area contributed by atoms with E-state index >= 15 is 0 Å². The standard InChI is InChI=1S/C16H19N3O4/c1-16(2)22-14-13(12(9-20)21-15(14)23-16)19-8-11(17-18-19)10-6-4-3-5-7-10/h3-8,12-15,20H,9H2,1-2H3/t12-,13+,14-,15-/m1/s1. The number of fused-ring (bicyclic) bond motifs is 1. The Morgan fingerprint density at radius 1 is 1.22 bits per heavy atom. The molecule has 0 amide bonds. The van der Waals surface area contributed by atoms with E-state index in [1.165, 1.54) is 0 Å². The number of aliphatic hydroxyl groups is 1. The molecular weight excluding hydrogens is 298 g/mol. The minimum atomic E-state index is -0.711. The van der Waals surface area contributed by atoms with Gasteiger partial charge in [-0.1, -0.05) is 35.5 Å². The van der Waals surface area contributed by atoms with Crippen LogP contribution in [0, 0.1) is 0 Å². The number of benzene rings is 1. The number of hydrogen-bond acceptors (Lipinski definition) is 6. The Morgan fingerprint density at radius 2 is 2.00 bits per heavy atom. The van der Waals surface area contributed by atoms with Crippen molar-refractivity contribution in [2.24, 2.45) is 0 Å². The number of hydrogen-bond donors (Lipinski definition) is 1. The third kappa shape index (κ3) is 2.55. The Hall–Kier alpha value is -1.80. The zero-order valence-corrected chi connectivity index (χ0v) is 13.0. The van der Waals surface area contributed by atoms with Gasteiger partial charge in [-0.25, -0.2) is 4.68 Å². The zero-order chi connectivity index (χ0) is 16.0. The molecule has 1 aromatic heterocycles. The summed E-state index contributed by atoms with van der Waals surface area (Å²) >= 11 is 0. The molecule has 0 spiro atoms. The molecule has 2 aliphatic heterocycles. The van der Waals surface area contributed by atoms with Crippen LogP contribution in [0.3, 0.4) is 0 Å². The van der Waals surface area contributed by atoms with Crippen LogP contribution in [0.5, 0.6) is 0 Å². The van der Waals surface area contributed by atoms with Crippen LogP contribution in [0.2, 0.25) is 0 Å². The Bertz CT molecular complexity index is 688. The first-order valence-corrected chi connectivity index (χ1v) is 7.66. The van der Waals surface area contributed by atoms with Crippen LogP contribution < -0.4 is 0 Å². The summed E-state index contributed by atoms with van der Waals surface area (Å²) in [5.41, 5.74) is 1.75. The summed E-state index contributed by atoms with van der Waals surface area (Å²) in [6.07, 6.45) is 0.582. The average Bonchev–Trinajstić information content (AvgIpc) is 3.19. The summed E-state index contributed by atoms with van der Waals surface area (Å²) in [5, 5.41) is 18.1. The van der Waals surface area contributed by atoms with Crippen molar-refractivity contribution in [3.8, 4) is 11.3 Å². The maximum Gasteiger partial charge on any atom is 0.189 e. The number of aromatic nitrogens is 3. The molecule has 122 valence electrons. The van der Waals surface area contributed by atoms with Gasteiger partial charge in [0.05, 0.1) is 12.8 Å². The van der Waals surface area contributed by atoms with Gasteiger partial charge in [-0.05, 0) is 13.8 Å². The Balaban J connectivity index is 1.65. The SMILES string of the molecule is CC1(C)O[C@H]2O[C@H](CO)[C@H](n3cc(-c4ccccc4)nn3)[C@H]2O1. The fraction of sp³-hybridized carbons (Fsp3) is 0.500. The zero-order valence-electron chi connectivity index (χ0n) is 13.0. The van der Waals surface area contributed by atoms with Crippen molar-refractivity contribution in [3.05, 3.63) is 36.5 Å². The lowest BCUT2D eigenvalue weighted by molar-refractivity contribution is -0.212. The summed E-state index contributed by atoms with van der Waals surface area (Å²) in [5.74, 6) is -0.711. The van der Waals surface area contributed by atoms with Crippen LogP contribution in [-0.4, -0.2) is 51.0 Å². The molecule has 4 atom stereocenters. The molecule has 0 unspecified atom stereocenters. The van der Waals surface area contributed by atoms with E-state index in [1.54, 1.807) is 4.68 Å². The first-order valence-electron chi connectivity index (χ1n) is 7.66. The van der Waals surface area contributed by atoms with Gasteiger partial charge in [0.2, 0.25) is 0 Å². The lowest BCUT2D eigenvalue weighted by Crippen LogP contribution is -2.34. The van der Waals surface area contributed by atoms with Crippen molar-refractivity contribution in [2.45, 2.75) is 44.2 Å². The van der Waals surface area contributed by atoms with E-state index in [9.17, 15) is 5.11 Å². The lowest BCUT2D eigenvalue weighted by atomic mass is 10.1. The molecule has 0 bridgehead atoms. The smallest absolute Gasteiger partial charge is 0.189 e. The van der Waals surface area contributed by atoms with Crippen molar-refractivity contribution >= 4 is 0 Å². The molecule has 4 rings (SSSR count). The van der Waals surface area contributed by atoms with Crippen LogP contribution >= 0.6 is 0 Å². The molecule has 7 heteroatoms. The van der Waals surface area contributed by atoms with Gasteiger partial charge in [0.1, 0.15) is 23.9 Å².